The zero-order valence-corrected chi connectivity index (χ0v) is 48.8. The summed E-state index contributed by atoms with van der Waals surface area (Å²) in [7, 11) is 0. The molecule has 5 N–H and O–H groups in total. The molecule has 20 heteroatoms. The van der Waals surface area contributed by atoms with Crippen molar-refractivity contribution in [2.45, 2.75) is 95.3 Å². The van der Waals surface area contributed by atoms with Crippen molar-refractivity contribution in [2.24, 2.45) is 23.7 Å². The van der Waals surface area contributed by atoms with Crippen LogP contribution in [0.1, 0.15) is 94.4 Å². The number of ether oxygens (including phenoxy) is 1. The Morgan fingerprint density at radius 1 is 0.616 bits per heavy atom. The fraction of sp³-hybridized carbons (Fsp3) is 0.379. The van der Waals surface area contributed by atoms with Gasteiger partial charge in [-0.15, -0.1) is 0 Å². The Labute approximate surface area is 519 Å². The van der Waals surface area contributed by atoms with Crippen LogP contribution in [-0.4, -0.2) is 90.8 Å². The Balaban J connectivity index is 0.000000176. The summed E-state index contributed by atoms with van der Waals surface area (Å²) in [5.41, 5.74) is 9.17. The van der Waals surface area contributed by atoms with Gasteiger partial charge in [0.15, 0.2) is 0 Å². The molecule has 86 heavy (non-hydrogen) atoms. The van der Waals surface area contributed by atoms with Gasteiger partial charge >= 0.3 is 5.97 Å². The van der Waals surface area contributed by atoms with Crippen molar-refractivity contribution in [3.05, 3.63) is 175 Å². The van der Waals surface area contributed by atoms with Crippen molar-refractivity contribution >= 4 is 110 Å². The van der Waals surface area contributed by atoms with Crippen molar-refractivity contribution in [3.8, 4) is 0 Å². The first-order valence-electron chi connectivity index (χ1n) is 28.7. The number of esters is 1. The second kappa shape index (κ2) is 23.7. The number of carbonyl (C=O) groups excluding carboxylic acids is 5. The highest BCUT2D eigenvalue weighted by molar-refractivity contribution is 6.32. The number of hydrogen-bond acceptors (Lipinski definition) is 10. The average Bonchev–Trinajstić information content (AvgIpc) is 1.53. The number of benzene rings is 6. The molecular formula is C66H68Cl4F2N8O6. The fourth-order valence-electron chi connectivity index (χ4n) is 14.8. The number of halogens is 6. The highest BCUT2D eigenvalue weighted by Crippen LogP contribution is 2.64. The average molecular weight is 1250 g/mol. The lowest BCUT2D eigenvalue weighted by Gasteiger charge is -2.40. The topological polar surface area (TPSA) is 170 Å². The Kier molecular flexibility index (Phi) is 16.8. The third kappa shape index (κ3) is 10.1. The molecule has 2 spiro atoms. The number of carbonyl (C=O) groups is 5. The molecule has 14 nitrogen and oxygen atoms in total. The summed E-state index contributed by atoms with van der Waals surface area (Å²) in [4.78, 5) is 77.6. The van der Waals surface area contributed by atoms with Crippen molar-refractivity contribution in [3.63, 3.8) is 0 Å². The number of amides is 4. The number of anilines is 6. The van der Waals surface area contributed by atoms with Crippen LogP contribution in [0.3, 0.4) is 0 Å². The van der Waals surface area contributed by atoms with E-state index in [4.69, 9.17) is 56.9 Å². The molecular weight excluding hydrogens is 1180 g/mol. The van der Waals surface area contributed by atoms with Crippen LogP contribution in [0.2, 0.25) is 20.1 Å². The minimum atomic E-state index is -1.32. The largest absolute Gasteiger partial charge is 0.465 e. The Bertz CT molecular complexity index is 3670. The molecule has 8 atom stereocenters. The van der Waals surface area contributed by atoms with E-state index < -0.39 is 46.4 Å². The smallest absolute Gasteiger partial charge is 0.325 e. The van der Waals surface area contributed by atoms with Crippen molar-refractivity contribution in [2.75, 3.05) is 70.8 Å². The molecule has 0 aromatic heterocycles. The van der Waals surface area contributed by atoms with Crippen molar-refractivity contribution in [1.29, 1.82) is 0 Å². The number of likely N-dealkylation sites (tertiary alicyclic amines) is 2. The molecule has 0 unspecified atom stereocenters. The third-order valence-electron chi connectivity index (χ3n) is 18.6. The normalized spacial score (nSPS) is 26.2. The second-order valence-electron chi connectivity index (χ2n) is 23.3. The van der Waals surface area contributed by atoms with E-state index in [0.717, 1.165) is 36.9 Å². The van der Waals surface area contributed by atoms with Crippen LogP contribution in [0, 0.1) is 35.3 Å². The summed E-state index contributed by atoms with van der Waals surface area (Å²) in [6.07, 6.45) is 5.48. The van der Waals surface area contributed by atoms with E-state index in [2.05, 4.69) is 25.8 Å². The number of piperidine rings is 2. The standard InChI is InChI=1S/C34H33Cl2FN4O4.C30H27Cl2FN4O2.2CH4/c1-2-45-28(42)17-38-21-9-11-22(12-10-21)40-15-14-27-29(32(40)43)30(23-4-3-5-25(36)31(23)37)34(41(27)18-19-6-7-19)24-13-8-20(35)16-26(24)39-33(34)44;31-17-6-11-21-23(14-17)35-29(39)30(21)26(20-2-1-3-22(32)27(20)33)25-24(37(30)15-16-4-5-16)12-13-36(28(25)38)19-9-7-18(34)8-10-19;;/h3-5,8-13,16,19,27,29-30,38H,2,6-7,14-15,17-18H2,1H3,(H,39,44);1-3,6-11,14,16,24-26H,4-5,12-13,15,34H2,(H,35,39);2*1H4/t27-,29+,30-,34+;24-,25+,26-,30+;;/m00../s1. The molecule has 0 bridgehead atoms. The van der Waals surface area contributed by atoms with Gasteiger partial charge in [-0.25, -0.2) is 8.78 Å². The molecule has 4 amide bonds. The van der Waals surface area contributed by atoms with Crippen LogP contribution in [-0.2, 0) is 39.8 Å². The Morgan fingerprint density at radius 2 is 1.05 bits per heavy atom. The SMILES string of the molecule is C.C.CCOC(=O)CNc1ccc(N2CC[C@H]3[C@@H](C2=O)[C@H](c2cccc(Cl)c2F)[C@]2(C(=O)Nc4cc(Cl)ccc42)N3CC2CC2)cc1.Nc1ccc(N2CC[C@H]3[C@@H](C2=O)[C@H](c2cccc(Cl)c2F)[C@]2(C(=O)Nc4cc(Cl)ccc42)N3CC2CC2)cc1. The first-order chi connectivity index (χ1) is 40.5. The van der Waals surface area contributed by atoms with Crippen LogP contribution < -0.4 is 31.5 Å². The highest BCUT2D eigenvalue weighted by Gasteiger charge is 2.72. The van der Waals surface area contributed by atoms with Crippen molar-refractivity contribution < 1.29 is 37.5 Å². The lowest BCUT2D eigenvalue weighted by Crippen LogP contribution is -2.54. The Hall–Kier alpha value is -6.79. The van der Waals surface area contributed by atoms with Gasteiger partial charge in [0.2, 0.25) is 23.6 Å². The summed E-state index contributed by atoms with van der Waals surface area (Å²) in [6, 6.07) is 34.2. The van der Waals surface area contributed by atoms with E-state index in [1.165, 1.54) is 12.1 Å². The summed E-state index contributed by atoms with van der Waals surface area (Å²) in [6.45, 7) is 4.30. The van der Waals surface area contributed by atoms with Gasteiger partial charge in [0.1, 0.15) is 29.3 Å². The molecule has 6 aromatic rings. The minimum absolute atomic E-state index is 0. The maximum Gasteiger partial charge on any atom is 0.325 e. The van der Waals surface area contributed by atoms with E-state index in [0.29, 0.717) is 102 Å². The highest BCUT2D eigenvalue weighted by atomic mass is 35.5. The summed E-state index contributed by atoms with van der Waals surface area (Å²) in [5, 5.41) is 10.0. The van der Waals surface area contributed by atoms with Gasteiger partial charge in [0, 0.05) is 105 Å². The first kappa shape index (κ1) is 60.9. The fourth-order valence-corrected chi connectivity index (χ4v) is 15.5. The third-order valence-corrected chi connectivity index (χ3v) is 19.6. The molecule has 2 aliphatic carbocycles. The van der Waals surface area contributed by atoms with Gasteiger partial charge in [-0.3, -0.25) is 33.8 Å². The summed E-state index contributed by atoms with van der Waals surface area (Å²) >= 11 is 25.4. The van der Waals surface area contributed by atoms with E-state index in [9.17, 15) is 24.0 Å². The molecule has 6 aliphatic heterocycles. The summed E-state index contributed by atoms with van der Waals surface area (Å²) < 4.78 is 37.1. The van der Waals surface area contributed by atoms with E-state index >= 15 is 8.78 Å². The van der Waals surface area contributed by atoms with Gasteiger partial charge in [0.25, 0.3) is 0 Å². The van der Waals surface area contributed by atoms with Gasteiger partial charge in [-0.05, 0) is 153 Å². The predicted molar refractivity (Wildman–Crippen MR) is 335 cm³/mol. The van der Waals surface area contributed by atoms with E-state index in [-0.39, 0.29) is 84.3 Å². The van der Waals surface area contributed by atoms with Crippen LogP contribution in [0.4, 0.5) is 42.9 Å². The van der Waals surface area contributed by atoms with E-state index in [1.807, 2.05) is 48.5 Å². The lowest BCUT2D eigenvalue weighted by molar-refractivity contribution is -0.141. The van der Waals surface area contributed by atoms with Gasteiger partial charge in [-0.1, -0.05) is 97.7 Å². The number of nitrogens with one attached hydrogen (secondary N) is 3. The molecule has 2 saturated carbocycles. The zero-order valence-electron chi connectivity index (χ0n) is 45.7. The molecule has 0 radical (unpaired) electrons. The number of nitrogens with zero attached hydrogens (tertiary/aromatic N) is 4. The molecule has 6 aromatic carbocycles. The number of rotatable bonds is 12. The van der Waals surface area contributed by atoms with Crippen LogP contribution in [0.25, 0.3) is 0 Å². The predicted octanol–water partition coefficient (Wildman–Crippen LogP) is 13.3. The number of nitrogens with two attached hydrogens (primary N) is 1. The Morgan fingerprint density at radius 3 is 1.47 bits per heavy atom. The molecule has 6 heterocycles. The van der Waals surface area contributed by atoms with Gasteiger partial charge in [0.05, 0.1) is 28.5 Å². The number of nitrogen functional groups attached to an aromatic ring is 1. The molecule has 4 saturated heterocycles. The first-order valence-corrected chi connectivity index (χ1v) is 30.2. The number of fused-ring (bicyclic) bond motifs is 6. The zero-order chi connectivity index (χ0) is 58.5. The van der Waals surface area contributed by atoms with Crippen molar-refractivity contribution in [1.82, 2.24) is 9.80 Å². The quantitative estimate of drug-likeness (QED) is 0.0683. The molecule has 6 fully saturated rings. The van der Waals surface area contributed by atoms with Crippen LogP contribution >= 0.6 is 46.4 Å². The second-order valence-corrected chi connectivity index (χ2v) is 25.0. The maximum atomic E-state index is 16.1. The van der Waals surface area contributed by atoms with Crippen LogP contribution in [0.5, 0.6) is 0 Å². The molecule has 14 rings (SSSR count). The van der Waals surface area contributed by atoms with Gasteiger partial charge < -0.3 is 36.2 Å². The number of hydrogen-bond donors (Lipinski definition) is 4. The van der Waals surface area contributed by atoms with Gasteiger partial charge in [-0.2, -0.15) is 0 Å². The lowest BCUT2D eigenvalue weighted by atomic mass is 9.70. The summed E-state index contributed by atoms with van der Waals surface area (Å²) in [5.74, 6) is -4.62. The van der Waals surface area contributed by atoms with E-state index in [1.54, 1.807) is 77.4 Å². The maximum absolute atomic E-state index is 16.1. The minimum Gasteiger partial charge on any atom is -0.465 e. The molecule has 450 valence electrons. The molecule has 8 aliphatic rings. The monoisotopic (exact) mass is 1250 g/mol. The van der Waals surface area contributed by atoms with Crippen LogP contribution in [0.15, 0.2) is 121 Å².